The van der Waals surface area contributed by atoms with Crippen LogP contribution in [0.1, 0.15) is 43.5 Å². The van der Waals surface area contributed by atoms with Crippen LogP contribution in [0, 0.1) is 0 Å². The molecule has 0 amide bonds. The number of rotatable bonds is 11. The van der Waals surface area contributed by atoms with Gasteiger partial charge in [-0.25, -0.2) is 9.59 Å². The maximum atomic E-state index is 12.3. The van der Waals surface area contributed by atoms with Crippen molar-refractivity contribution in [2.24, 2.45) is 0 Å². The molecule has 2 rings (SSSR count). The maximum absolute atomic E-state index is 12.3. The van der Waals surface area contributed by atoms with Crippen molar-refractivity contribution in [3.63, 3.8) is 0 Å². The molecule has 0 aliphatic heterocycles. The molecule has 6 nitrogen and oxygen atoms in total. The lowest BCUT2D eigenvalue weighted by Crippen LogP contribution is -2.25. The molecule has 1 atom stereocenters. The van der Waals surface area contributed by atoms with Crippen molar-refractivity contribution in [3.8, 4) is 17.2 Å². The Bertz CT molecular complexity index is 839. The summed E-state index contributed by atoms with van der Waals surface area (Å²) >= 11 is 0. The minimum atomic E-state index is -0.470. The summed E-state index contributed by atoms with van der Waals surface area (Å²) in [6, 6.07) is 13.4. The Hall–Kier alpha value is -3.28. The molecule has 0 heterocycles. The zero-order valence-electron chi connectivity index (χ0n) is 17.7. The molecule has 0 saturated carbocycles. The highest BCUT2D eigenvalue weighted by molar-refractivity contribution is 5.91. The van der Waals surface area contributed by atoms with Gasteiger partial charge in [0.25, 0.3) is 0 Å². The van der Waals surface area contributed by atoms with E-state index in [0.717, 1.165) is 12.8 Å². The van der Waals surface area contributed by atoms with Crippen LogP contribution < -0.4 is 14.2 Å². The van der Waals surface area contributed by atoms with Crippen LogP contribution in [0.15, 0.2) is 60.7 Å². The summed E-state index contributed by atoms with van der Waals surface area (Å²) in [5.41, 5.74) is 0.755. The predicted molar refractivity (Wildman–Crippen MR) is 114 cm³/mol. The number of carbonyl (C=O) groups is 2. The lowest BCUT2D eigenvalue weighted by Gasteiger charge is -2.18. The second-order valence-corrected chi connectivity index (χ2v) is 6.85. The van der Waals surface area contributed by atoms with Gasteiger partial charge < -0.3 is 18.9 Å². The summed E-state index contributed by atoms with van der Waals surface area (Å²) < 4.78 is 21.6. The molecule has 0 aliphatic carbocycles. The Labute approximate surface area is 177 Å². The van der Waals surface area contributed by atoms with Crippen molar-refractivity contribution in [2.45, 2.75) is 39.2 Å². The predicted octanol–water partition coefficient (Wildman–Crippen LogP) is 4.97. The standard InChI is InChI=1S/C24H28O6/c1-5-6-7-22(30-23(25)17(2)3)16-28-20-10-8-18(9-11-20)24(26)29-21-14-12-19(27-4)13-15-21/h8-15,22H,2,5-7,16H2,1,3-4H3. The smallest absolute Gasteiger partial charge is 0.343 e. The molecule has 0 radical (unpaired) electrons. The van der Waals surface area contributed by atoms with E-state index in [2.05, 4.69) is 13.5 Å². The third-order valence-corrected chi connectivity index (χ3v) is 4.30. The number of benzene rings is 2. The fourth-order valence-electron chi connectivity index (χ4n) is 2.55. The van der Waals surface area contributed by atoms with Gasteiger partial charge in [0.15, 0.2) is 0 Å². The van der Waals surface area contributed by atoms with Crippen molar-refractivity contribution in [2.75, 3.05) is 13.7 Å². The van der Waals surface area contributed by atoms with Crippen molar-refractivity contribution >= 4 is 11.9 Å². The van der Waals surface area contributed by atoms with E-state index in [1.54, 1.807) is 62.6 Å². The van der Waals surface area contributed by atoms with Crippen LogP contribution in [0.5, 0.6) is 17.2 Å². The average molecular weight is 412 g/mol. The van der Waals surface area contributed by atoms with Gasteiger partial charge in [-0.15, -0.1) is 0 Å². The first-order chi connectivity index (χ1) is 14.4. The molecule has 160 valence electrons. The van der Waals surface area contributed by atoms with E-state index in [0.29, 0.717) is 34.8 Å². The highest BCUT2D eigenvalue weighted by Gasteiger charge is 2.16. The third-order valence-electron chi connectivity index (χ3n) is 4.30. The van der Waals surface area contributed by atoms with E-state index in [9.17, 15) is 9.59 Å². The number of hydrogen-bond donors (Lipinski definition) is 0. The molecule has 0 fully saturated rings. The molecule has 0 bridgehead atoms. The first-order valence-corrected chi connectivity index (χ1v) is 9.88. The Morgan fingerprint density at radius 2 is 1.57 bits per heavy atom. The molecule has 2 aromatic carbocycles. The van der Waals surface area contributed by atoms with Crippen LogP contribution in [0.4, 0.5) is 0 Å². The van der Waals surface area contributed by atoms with E-state index >= 15 is 0 Å². The van der Waals surface area contributed by atoms with Gasteiger partial charge in [0.1, 0.15) is 30.0 Å². The van der Waals surface area contributed by atoms with Crippen molar-refractivity contribution < 1.29 is 28.5 Å². The highest BCUT2D eigenvalue weighted by Crippen LogP contribution is 2.20. The molecule has 0 saturated heterocycles. The number of ether oxygens (including phenoxy) is 4. The van der Waals surface area contributed by atoms with E-state index < -0.39 is 11.9 Å². The minimum Gasteiger partial charge on any atom is -0.497 e. The minimum absolute atomic E-state index is 0.231. The SMILES string of the molecule is C=C(C)C(=O)OC(CCCC)COc1ccc(C(=O)Oc2ccc(OC)cc2)cc1. The van der Waals surface area contributed by atoms with Crippen LogP contribution >= 0.6 is 0 Å². The molecule has 0 aliphatic rings. The van der Waals surface area contributed by atoms with E-state index in [1.165, 1.54) is 0 Å². The Morgan fingerprint density at radius 1 is 0.967 bits per heavy atom. The van der Waals surface area contributed by atoms with E-state index in [1.807, 2.05) is 0 Å². The molecule has 0 spiro atoms. The third kappa shape index (κ3) is 7.28. The monoisotopic (exact) mass is 412 g/mol. The molecular formula is C24H28O6. The first-order valence-electron chi connectivity index (χ1n) is 9.88. The number of unbranched alkanes of at least 4 members (excludes halogenated alkanes) is 1. The molecule has 6 heteroatoms. The van der Waals surface area contributed by atoms with Crippen LogP contribution in [0.3, 0.4) is 0 Å². The molecule has 1 unspecified atom stereocenters. The Balaban J connectivity index is 1.92. The largest absolute Gasteiger partial charge is 0.497 e. The second-order valence-electron chi connectivity index (χ2n) is 6.85. The highest BCUT2D eigenvalue weighted by atomic mass is 16.6. The van der Waals surface area contributed by atoms with Gasteiger partial charge in [0.05, 0.1) is 12.7 Å². The van der Waals surface area contributed by atoms with Crippen molar-refractivity contribution in [1.29, 1.82) is 0 Å². The molecule has 30 heavy (non-hydrogen) atoms. The quantitative estimate of drug-likeness (QED) is 0.295. The summed E-state index contributed by atoms with van der Waals surface area (Å²) in [7, 11) is 1.57. The van der Waals surface area contributed by atoms with E-state index in [4.69, 9.17) is 18.9 Å². The topological polar surface area (TPSA) is 71.1 Å². The zero-order chi connectivity index (χ0) is 21.9. The number of hydrogen-bond acceptors (Lipinski definition) is 6. The molecule has 0 aromatic heterocycles. The second kappa shape index (κ2) is 11.7. The van der Waals surface area contributed by atoms with Gasteiger partial charge in [0, 0.05) is 5.57 Å². The van der Waals surface area contributed by atoms with Crippen LogP contribution in [-0.4, -0.2) is 31.8 Å². The maximum Gasteiger partial charge on any atom is 0.343 e. The van der Waals surface area contributed by atoms with Crippen molar-refractivity contribution in [3.05, 3.63) is 66.2 Å². The van der Waals surface area contributed by atoms with Crippen LogP contribution in [0.25, 0.3) is 0 Å². The van der Waals surface area contributed by atoms with Crippen LogP contribution in [-0.2, 0) is 9.53 Å². The zero-order valence-corrected chi connectivity index (χ0v) is 17.7. The number of esters is 2. The molecule has 0 N–H and O–H groups in total. The lowest BCUT2D eigenvalue weighted by molar-refractivity contribution is -0.146. The van der Waals surface area contributed by atoms with Gasteiger partial charge in [0.2, 0.25) is 0 Å². The summed E-state index contributed by atoms with van der Waals surface area (Å²) in [5, 5.41) is 0. The van der Waals surface area contributed by atoms with Gasteiger partial charge in [-0.1, -0.05) is 19.9 Å². The first kappa shape index (κ1) is 23.0. The van der Waals surface area contributed by atoms with Gasteiger partial charge >= 0.3 is 11.9 Å². The summed E-state index contributed by atoms with van der Waals surface area (Å²) in [4.78, 5) is 24.1. The fraction of sp³-hybridized carbons (Fsp3) is 0.333. The normalized spacial score (nSPS) is 11.3. The van der Waals surface area contributed by atoms with Crippen molar-refractivity contribution in [1.82, 2.24) is 0 Å². The number of carbonyl (C=O) groups excluding carboxylic acids is 2. The molecular weight excluding hydrogens is 384 g/mol. The number of methoxy groups -OCH3 is 1. The van der Waals surface area contributed by atoms with Crippen LogP contribution in [0.2, 0.25) is 0 Å². The van der Waals surface area contributed by atoms with E-state index in [-0.39, 0.29) is 12.7 Å². The Kier molecular flexibility index (Phi) is 8.94. The lowest BCUT2D eigenvalue weighted by atomic mass is 10.1. The summed E-state index contributed by atoms with van der Waals surface area (Å²) in [5.74, 6) is 0.796. The fourth-order valence-corrected chi connectivity index (χ4v) is 2.55. The average Bonchev–Trinajstić information content (AvgIpc) is 2.76. The summed E-state index contributed by atoms with van der Waals surface area (Å²) in [6.45, 7) is 7.52. The van der Waals surface area contributed by atoms with Gasteiger partial charge in [-0.05, 0) is 68.3 Å². The molecule has 2 aromatic rings. The van der Waals surface area contributed by atoms with Gasteiger partial charge in [-0.3, -0.25) is 0 Å². The summed E-state index contributed by atoms with van der Waals surface area (Å²) in [6.07, 6.45) is 2.27. The van der Waals surface area contributed by atoms with Gasteiger partial charge in [-0.2, -0.15) is 0 Å². The Morgan fingerprint density at radius 3 is 2.13 bits per heavy atom.